The molecule has 2 aliphatic heterocycles. The lowest BCUT2D eigenvalue weighted by molar-refractivity contribution is -0.120. The van der Waals surface area contributed by atoms with Gasteiger partial charge in [0.25, 0.3) is 23.6 Å². The lowest BCUT2D eigenvalue weighted by Gasteiger charge is -2.36. The molecule has 2 atom stereocenters. The minimum atomic E-state index is -1.43. The number of nitrogens with zero attached hydrogens (tertiary/aromatic N) is 4. The maximum absolute atomic E-state index is 16.5. The Balaban J connectivity index is 1.06. The van der Waals surface area contributed by atoms with Gasteiger partial charge in [0.1, 0.15) is 58.1 Å². The van der Waals surface area contributed by atoms with Crippen LogP contribution in [0.25, 0.3) is 43.1 Å². The average Bonchev–Trinajstić information content (AvgIpc) is 0.670. The highest BCUT2D eigenvalue weighted by Crippen LogP contribution is 2.58. The monoisotopic (exact) mass is 1350 g/mol. The van der Waals surface area contributed by atoms with Crippen molar-refractivity contribution in [3.63, 3.8) is 0 Å². The highest BCUT2D eigenvalue weighted by atomic mass is 16.5. The number of amides is 6. The number of imide groups is 2. The molecule has 0 saturated carbocycles. The maximum Gasteiger partial charge on any atom is 0.262 e. The van der Waals surface area contributed by atoms with Crippen LogP contribution in [0.3, 0.4) is 0 Å². The third-order valence-electron chi connectivity index (χ3n) is 18.9. The van der Waals surface area contributed by atoms with E-state index < -0.39 is 47.5 Å². The highest BCUT2D eigenvalue weighted by Gasteiger charge is 2.47. The van der Waals surface area contributed by atoms with Crippen LogP contribution in [0.1, 0.15) is 74.8 Å². The largest absolute Gasteiger partial charge is 0.457 e. The van der Waals surface area contributed by atoms with Crippen molar-refractivity contribution in [1.82, 2.24) is 9.80 Å². The zero-order valence-electron chi connectivity index (χ0n) is 57.4. The van der Waals surface area contributed by atoms with Crippen LogP contribution >= 0.6 is 0 Å². The van der Waals surface area contributed by atoms with Crippen molar-refractivity contribution in [3.8, 4) is 46.0 Å². The molecule has 15 rings (SSSR count). The maximum atomic E-state index is 16.5. The van der Waals surface area contributed by atoms with E-state index in [2.05, 4.69) is 10.6 Å². The van der Waals surface area contributed by atoms with Crippen molar-refractivity contribution in [2.24, 2.45) is 0 Å². The molecule has 2 aliphatic rings. The Morgan fingerprint density at radius 2 is 0.608 bits per heavy atom. The zero-order chi connectivity index (χ0) is 70.8. The third-order valence-corrected chi connectivity index (χ3v) is 18.9. The smallest absolute Gasteiger partial charge is 0.262 e. The minimum Gasteiger partial charge on any atom is -0.457 e. The molecule has 13 aromatic carbocycles. The van der Waals surface area contributed by atoms with Gasteiger partial charge in [0.15, 0.2) is 0 Å². The van der Waals surface area contributed by atoms with E-state index in [1.54, 1.807) is 72.8 Å². The summed E-state index contributed by atoms with van der Waals surface area (Å²) >= 11 is 0. The summed E-state index contributed by atoms with van der Waals surface area (Å²) < 4.78 is 29.1. The van der Waals surface area contributed by atoms with Gasteiger partial charge in [-0.1, -0.05) is 109 Å². The zero-order valence-corrected chi connectivity index (χ0v) is 57.4. The van der Waals surface area contributed by atoms with E-state index in [-0.39, 0.29) is 68.9 Å². The molecule has 16 nitrogen and oxygen atoms in total. The first kappa shape index (κ1) is 65.1. The van der Waals surface area contributed by atoms with Gasteiger partial charge in [-0.05, 0) is 182 Å². The second-order valence-corrected chi connectivity index (χ2v) is 26.6. The second kappa shape index (κ2) is 26.5. The van der Waals surface area contributed by atoms with Gasteiger partial charge in [0.2, 0.25) is 11.8 Å². The van der Waals surface area contributed by atoms with Crippen LogP contribution in [0, 0.1) is 27.7 Å². The molecule has 102 heavy (non-hydrogen) atoms. The molecule has 0 saturated heterocycles. The summed E-state index contributed by atoms with van der Waals surface area (Å²) in [6.07, 6.45) is -0.130. The number of benzene rings is 13. The predicted octanol–water partition coefficient (Wildman–Crippen LogP) is 18.0. The molecule has 0 radical (unpaired) electrons. The average molecular weight is 1350 g/mol. The Bertz CT molecular complexity index is 5000. The Kier molecular flexibility index (Phi) is 16.9. The van der Waals surface area contributed by atoms with E-state index in [9.17, 15) is 0 Å². The molecule has 0 aromatic heterocycles. The fourth-order valence-electron chi connectivity index (χ4n) is 14.1. The standard InChI is InChI=1S/C86H70N6O10/c1-49-19-15-27-59(39-49)99-69-45-63-73-64(84(96)91(83(63)95)67(43-53-23-11-9-12-24-53)81(93)87-55-31-35-57(36-32-55)89(5)6)47-71(101-61-29-17-21-51(3)41-61)77-78-72(102-62-30-18-22-52(4)42-62)48-66-74-65(46-70(76(80(74)78)75(69)79(73)77)100-60-28-16-20-50(2)40-60)85(97)92(86(66)98)68(44-54-25-13-10-14-26-54)82(94)88-56-33-37-58(38-34-56)90(7)8/h9-42,45-48,67-68H,43-44H2,1-8H3,(H,87,93)(H,88,94). The normalized spacial score (nSPS) is 13.2. The van der Waals surface area contributed by atoms with Gasteiger partial charge in [-0.15, -0.1) is 0 Å². The molecule has 2 unspecified atom stereocenters. The Morgan fingerprint density at radius 3 is 0.863 bits per heavy atom. The van der Waals surface area contributed by atoms with Gasteiger partial charge in [-0.2, -0.15) is 0 Å². The number of anilines is 4. The lowest BCUT2D eigenvalue weighted by Crippen LogP contribution is -2.53. The van der Waals surface area contributed by atoms with E-state index in [0.29, 0.717) is 77.8 Å². The SMILES string of the molecule is Cc1cccc(Oc2cc3c4c(cc(Oc5cccc(C)c5)c5c6c(Oc7cccc(C)c7)cc7c8c(cc(Oc9cccc(C)c9)c(c2c45)c86)C(=O)N(C(Cc2ccccc2)C(=O)Nc2ccc(N(C)C)cc2)C7=O)C(=O)N(C(Cc2ccccc2)C(=O)Nc2ccc(N(C)C)cc2)C3=O)c1. The number of nitrogens with one attached hydrogen (secondary N) is 2. The van der Waals surface area contributed by atoms with Crippen LogP contribution < -0.4 is 39.4 Å². The second-order valence-electron chi connectivity index (χ2n) is 26.6. The molecule has 0 bridgehead atoms. The van der Waals surface area contributed by atoms with Gasteiger partial charge in [-0.3, -0.25) is 38.6 Å². The molecule has 0 aliphatic carbocycles. The molecule has 6 amide bonds. The lowest BCUT2D eigenvalue weighted by atomic mass is 9.80. The summed E-state index contributed by atoms with van der Waals surface area (Å²) in [6, 6.07) is 66.2. The van der Waals surface area contributed by atoms with Gasteiger partial charge in [-0.25, -0.2) is 0 Å². The van der Waals surface area contributed by atoms with Crippen molar-refractivity contribution in [2.75, 3.05) is 48.6 Å². The Hall–Kier alpha value is -12.8. The Morgan fingerprint density at radius 1 is 0.333 bits per heavy atom. The molecule has 504 valence electrons. The fraction of sp³-hybridized carbons (Fsp3) is 0.140. The Labute approximate surface area is 589 Å². The van der Waals surface area contributed by atoms with Crippen molar-refractivity contribution in [1.29, 1.82) is 0 Å². The number of aryl methyl sites for hydroxylation is 4. The summed E-state index contributed by atoms with van der Waals surface area (Å²) in [4.78, 5) is 103. The first-order valence-corrected chi connectivity index (χ1v) is 33.7. The molecule has 2 heterocycles. The van der Waals surface area contributed by atoms with Crippen molar-refractivity contribution >= 4 is 101 Å². The molecule has 16 heteroatoms. The van der Waals surface area contributed by atoms with Crippen LogP contribution in [-0.4, -0.2) is 85.5 Å². The third kappa shape index (κ3) is 12.1. The highest BCUT2D eigenvalue weighted by molar-refractivity contribution is 6.45. The van der Waals surface area contributed by atoms with E-state index in [0.717, 1.165) is 43.4 Å². The number of hydrogen-bond acceptors (Lipinski definition) is 12. The number of hydrogen-bond donors (Lipinski definition) is 2. The van der Waals surface area contributed by atoms with Gasteiger partial charge in [0, 0.05) is 107 Å². The summed E-state index contributed by atoms with van der Waals surface area (Å²) in [6.45, 7) is 7.71. The summed E-state index contributed by atoms with van der Waals surface area (Å²) in [7, 11) is 7.66. The van der Waals surface area contributed by atoms with Gasteiger partial charge in [0.05, 0.1) is 22.3 Å². The number of rotatable bonds is 20. The first-order chi connectivity index (χ1) is 49.3. The molecule has 0 spiro atoms. The van der Waals surface area contributed by atoms with Crippen LogP contribution in [0.5, 0.6) is 46.0 Å². The van der Waals surface area contributed by atoms with Crippen molar-refractivity contribution < 1.29 is 47.7 Å². The quantitative estimate of drug-likeness (QED) is 0.0420. The van der Waals surface area contributed by atoms with Crippen LogP contribution in [0.2, 0.25) is 0 Å². The molecule has 2 N–H and O–H groups in total. The fourth-order valence-corrected chi connectivity index (χ4v) is 14.1. The van der Waals surface area contributed by atoms with Crippen LogP contribution in [0.15, 0.2) is 231 Å². The summed E-state index contributed by atoms with van der Waals surface area (Å²) in [5, 5.41) is 8.30. The number of fused-ring (bicyclic) bond motifs is 2. The number of carbonyl (C=O) groups excluding carboxylic acids is 6. The van der Waals surface area contributed by atoms with Crippen LogP contribution in [-0.2, 0) is 22.4 Å². The number of carbonyl (C=O) groups is 6. The van der Waals surface area contributed by atoms with Gasteiger partial charge >= 0.3 is 0 Å². The summed E-state index contributed by atoms with van der Waals surface area (Å²) in [5.41, 5.74) is 7.54. The summed E-state index contributed by atoms with van der Waals surface area (Å²) in [5.74, 6) is -2.47. The van der Waals surface area contributed by atoms with Crippen molar-refractivity contribution in [2.45, 2.75) is 52.6 Å². The van der Waals surface area contributed by atoms with E-state index in [4.69, 9.17) is 18.9 Å². The predicted molar refractivity (Wildman–Crippen MR) is 400 cm³/mol. The van der Waals surface area contributed by atoms with E-state index >= 15 is 28.8 Å². The van der Waals surface area contributed by atoms with Crippen LogP contribution in [0.4, 0.5) is 22.7 Å². The number of ether oxygens (including phenoxy) is 4. The minimum absolute atomic E-state index is 0.0179. The van der Waals surface area contributed by atoms with E-state index in [1.807, 2.05) is 223 Å². The van der Waals surface area contributed by atoms with Crippen molar-refractivity contribution in [3.05, 3.63) is 286 Å². The topological polar surface area (TPSA) is 176 Å². The molecule has 13 aromatic rings. The molecule has 0 fully saturated rings. The van der Waals surface area contributed by atoms with Gasteiger partial charge < -0.3 is 39.4 Å². The molecular weight excluding hydrogens is 1280 g/mol. The van der Waals surface area contributed by atoms with E-state index in [1.165, 1.54) is 0 Å². The molecular formula is C86H70N6O10. The first-order valence-electron chi connectivity index (χ1n) is 33.7.